The van der Waals surface area contributed by atoms with Crippen LogP contribution in [-0.4, -0.2) is 73.3 Å². The first-order chi connectivity index (χ1) is 8.18. The van der Waals surface area contributed by atoms with Crippen molar-refractivity contribution in [1.82, 2.24) is 20.4 Å². The van der Waals surface area contributed by atoms with Gasteiger partial charge in [-0.3, -0.25) is 14.4 Å². The smallest absolute Gasteiger partial charge is 0.312 e. The first kappa shape index (κ1) is 11.8. The third-order valence-corrected chi connectivity index (χ3v) is 2.91. The summed E-state index contributed by atoms with van der Waals surface area (Å²) in [5.41, 5.74) is 0. The molecule has 0 aliphatic carbocycles. The molecular weight excluding hydrogens is 224 g/mol. The van der Waals surface area contributed by atoms with E-state index in [2.05, 4.69) is 10.6 Å². The van der Waals surface area contributed by atoms with E-state index in [1.807, 2.05) is 0 Å². The van der Waals surface area contributed by atoms with Gasteiger partial charge >= 0.3 is 11.8 Å². The molecule has 94 valence electrons. The van der Waals surface area contributed by atoms with Crippen LogP contribution < -0.4 is 10.6 Å². The van der Waals surface area contributed by atoms with Crippen molar-refractivity contribution in [3.63, 3.8) is 0 Å². The molecule has 0 unspecified atom stereocenters. The van der Waals surface area contributed by atoms with Crippen molar-refractivity contribution >= 4 is 17.7 Å². The van der Waals surface area contributed by atoms with Crippen molar-refractivity contribution in [3.05, 3.63) is 0 Å². The van der Waals surface area contributed by atoms with E-state index in [1.165, 1.54) is 9.80 Å². The normalized spacial score (nSPS) is 21.1. The molecule has 0 spiro atoms. The summed E-state index contributed by atoms with van der Waals surface area (Å²) in [7, 11) is 0. The molecule has 0 aromatic heterocycles. The summed E-state index contributed by atoms with van der Waals surface area (Å²) in [4.78, 5) is 37.7. The van der Waals surface area contributed by atoms with E-state index in [1.54, 1.807) is 0 Å². The second-order valence-corrected chi connectivity index (χ2v) is 4.12. The van der Waals surface area contributed by atoms with E-state index in [-0.39, 0.29) is 12.5 Å². The molecule has 0 saturated carbocycles. The zero-order valence-corrected chi connectivity index (χ0v) is 9.57. The maximum absolute atomic E-state index is 11.9. The molecule has 2 saturated heterocycles. The van der Waals surface area contributed by atoms with E-state index in [0.29, 0.717) is 39.3 Å². The van der Waals surface area contributed by atoms with Gasteiger partial charge in [-0.15, -0.1) is 0 Å². The molecule has 0 aromatic carbocycles. The predicted octanol–water partition coefficient (Wildman–Crippen LogP) is -2.62. The third kappa shape index (κ3) is 2.73. The predicted molar refractivity (Wildman–Crippen MR) is 59.0 cm³/mol. The summed E-state index contributed by atoms with van der Waals surface area (Å²) in [6.45, 7) is 3.31. The summed E-state index contributed by atoms with van der Waals surface area (Å²) in [5, 5.41) is 5.73. The molecule has 17 heavy (non-hydrogen) atoms. The monoisotopic (exact) mass is 240 g/mol. The quantitative estimate of drug-likeness (QED) is 0.454. The van der Waals surface area contributed by atoms with Gasteiger partial charge in [0, 0.05) is 39.3 Å². The maximum atomic E-state index is 11.9. The molecule has 0 radical (unpaired) electrons. The molecule has 2 fully saturated rings. The highest BCUT2D eigenvalue weighted by atomic mass is 16.2. The van der Waals surface area contributed by atoms with Crippen LogP contribution in [0.25, 0.3) is 0 Å². The Hall–Kier alpha value is -1.63. The van der Waals surface area contributed by atoms with Crippen LogP contribution in [0.1, 0.15) is 0 Å². The van der Waals surface area contributed by atoms with Crippen molar-refractivity contribution in [2.75, 3.05) is 45.8 Å². The van der Waals surface area contributed by atoms with Gasteiger partial charge in [-0.1, -0.05) is 0 Å². The minimum absolute atomic E-state index is 0.0172. The zero-order chi connectivity index (χ0) is 12.3. The molecule has 3 amide bonds. The lowest BCUT2D eigenvalue weighted by Crippen LogP contribution is -2.56. The Morgan fingerprint density at radius 1 is 0.941 bits per heavy atom. The third-order valence-electron chi connectivity index (χ3n) is 2.91. The Kier molecular flexibility index (Phi) is 3.58. The van der Waals surface area contributed by atoms with E-state index < -0.39 is 11.8 Å². The number of nitrogens with zero attached hydrogens (tertiary/aromatic N) is 2. The lowest BCUT2D eigenvalue weighted by Gasteiger charge is -2.31. The van der Waals surface area contributed by atoms with Crippen LogP contribution in [0.2, 0.25) is 0 Å². The highest BCUT2D eigenvalue weighted by Crippen LogP contribution is 2.00. The standard InChI is InChI=1S/C10H16N4O3/c15-8-7-14(6-3-12-8)10(17)9(16)13-4-1-11-2-5-13/h11H,1-7H2,(H,12,15). The summed E-state index contributed by atoms with van der Waals surface area (Å²) in [6.07, 6.45) is 0. The van der Waals surface area contributed by atoms with E-state index in [4.69, 9.17) is 0 Å². The minimum atomic E-state index is -0.568. The molecule has 7 heteroatoms. The van der Waals surface area contributed by atoms with Crippen LogP contribution in [0.3, 0.4) is 0 Å². The van der Waals surface area contributed by atoms with Crippen LogP contribution in [0.5, 0.6) is 0 Å². The Balaban J connectivity index is 1.93. The molecule has 0 atom stereocenters. The molecule has 2 aliphatic heterocycles. The fraction of sp³-hybridized carbons (Fsp3) is 0.700. The van der Waals surface area contributed by atoms with Gasteiger partial charge < -0.3 is 20.4 Å². The minimum Gasteiger partial charge on any atom is -0.353 e. The fourth-order valence-corrected chi connectivity index (χ4v) is 1.95. The lowest BCUT2D eigenvalue weighted by molar-refractivity contribution is -0.153. The average Bonchev–Trinajstić information content (AvgIpc) is 2.38. The van der Waals surface area contributed by atoms with E-state index in [0.717, 1.165) is 0 Å². The number of hydrogen-bond acceptors (Lipinski definition) is 4. The average molecular weight is 240 g/mol. The summed E-state index contributed by atoms with van der Waals surface area (Å²) in [6, 6.07) is 0. The Bertz CT molecular complexity index is 338. The van der Waals surface area contributed by atoms with Gasteiger partial charge in [0.1, 0.15) is 6.54 Å². The highest BCUT2D eigenvalue weighted by molar-refractivity contribution is 6.35. The van der Waals surface area contributed by atoms with Gasteiger partial charge in [0.05, 0.1) is 0 Å². The van der Waals surface area contributed by atoms with Gasteiger partial charge in [-0.25, -0.2) is 0 Å². The van der Waals surface area contributed by atoms with E-state index >= 15 is 0 Å². The Morgan fingerprint density at radius 2 is 1.53 bits per heavy atom. The largest absolute Gasteiger partial charge is 0.353 e. The second kappa shape index (κ2) is 5.13. The molecule has 0 aromatic rings. The topological polar surface area (TPSA) is 81.8 Å². The van der Waals surface area contributed by atoms with Gasteiger partial charge in [0.2, 0.25) is 5.91 Å². The van der Waals surface area contributed by atoms with Crippen molar-refractivity contribution in [1.29, 1.82) is 0 Å². The number of rotatable bonds is 0. The molecule has 2 aliphatic rings. The SMILES string of the molecule is O=C1CN(C(=O)C(=O)N2CCNCC2)CCN1. The van der Waals surface area contributed by atoms with Crippen molar-refractivity contribution in [2.24, 2.45) is 0 Å². The first-order valence-electron chi connectivity index (χ1n) is 5.74. The van der Waals surface area contributed by atoms with Gasteiger partial charge in [-0.05, 0) is 0 Å². The molecule has 2 heterocycles. The highest BCUT2D eigenvalue weighted by Gasteiger charge is 2.30. The van der Waals surface area contributed by atoms with Crippen molar-refractivity contribution in [3.8, 4) is 0 Å². The van der Waals surface area contributed by atoms with Crippen LogP contribution >= 0.6 is 0 Å². The molecular formula is C10H16N4O3. The summed E-state index contributed by atoms with van der Waals surface area (Å²) >= 11 is 0. The Morgan fingerprint density at radius 3 is 2.18 bits per heavy atom. The van der Waals surface area contributed by atoms with Crippen LogP contribution in [0, 0.1) is 0 Å². The number of carbonyl (C=O) groups excluding carboxylic acids is 3. The fourth-order valence-electron chi connectivity index (χ4n) is 1.95. The van der Waals surface area contributed by atoms with Crippen molar-refractivity contribution in [2.45, 2.75) is 0 Å². The Labute approximate surface area is 99.1 Å². The van der Waals surface area contributed by atoms with Gasteiger partial charge in [-0.2, -0.15) is 0 Å². The molecule has 7 nitrogen and oxygen atoms in total. The number of piperazine rings is 2. The number of nitrogens with one attached hydrogen (secondary N) is 2. The summed E-state index contributed by atoms with van der Waals surface area (Å²) in [5.74, 6) is -1.28. The van der Waals surface area contributed by atoms with Crippen LogP contribution in [0.15, 0.2) is 0 Å². The van der Waals surface area contributed by atoms with Crippen molar-refractivity contribution < 1.29 is 14.4 Å². The number of carbonyl (C=O) groups is 3. The number of amides is 3. The molecule has 2 N–H and O–H groups in total. The van der Waals surface area contributed by atoms with Gasteiger partial charge in [0.25, 0.3) is 0 Å². The zero-order valence-electron chi connectivity index (χ0n) is 9.57. The molecule has 2 rings (SSSR count). The maximum Gasteiger partial charge on any atom is 0.312 e. The number of hydrogen-bond donors (Lipinski definition) is 2. The lowest BCUT2D eigenvalue weighted by atomic mass is 10.3. The second-order valence-electron chi connectivity index (χ2n) is 4.12. The van der Waals surface area contributed by atoms with Crippen LogP contribution in [-0.2, 0) is 14.4 Å². The van der Waals surface area contributed by atoms with Crippen LogP contribution in [0.4, 0.5) is 0 Å². The van der Waals surface area contributed by atoms with Gasteiger partial charge in [0.15, 0.2) is 0 Å². The molecule has 0 bridgehead atoms. The first-order valence-corrected chi connectivity index (χ1v) is 5.74. The van der Waals surface area contributed by atoms with E-state index in [9.17, 15) is 14.4 Å². The summed E-state index contributed by atoms with van der Waals surface area (Å²) < 4.78 is 0.